The van der Waals surface area contributed by atoms with E-state index in [4.69, 9.17) is 24.0 Å². The van der Waals surface area contributed by atoms with E-state index in [0.29, 0.717) is 58.6 Å². The lowest BCUT2D eigenvalue weighted by Gasteiger charge is -2.37. The Hall–Kier alpha value is -4.73. The van der Waals surface area contributed by atoms with Crippen LogP contribution in [0, 0.1) is 5.41 Å². The first-order valence-electron chi connectivity index (χ1n) is 13.0. The quantitative estimate of drug-likeness (QED) is 0.242. The van der Waals surface area contributed by atoms with Gasteiger partial charge < -0.3 is 19.0 Å². The normalized spacial score (nSPS) is 17.9. The molecule has 0 saturated heterocycles. The highest BCUT2D eigenvalue weighted by Gasteiger charge is 2.43. The number of Topliss-reactive ketones (excluding diaryl/α,β-unsaturated/α-hetero) is 1. The van der Waals surface area contributed by atoms with Gasteiger partial charge in [0.2, 0.25) is 5.88 Å². The predicted octanol–water partition coefficient (Wildman–Crippen LogP) is 4.86. The summed E-state index contributed by atoms with van der Waals surface area (Å²) >= 11 is 0. The number of nitrogens with zero attached hydrogens (tertiary/aromatic N) is 5. The summed E-state index contributed by atoms with van der Waals surface area (Å²) in [6.07, 6.45) is 4.26. The number of carbonyl (C=O) groups excluding carboxylic acids is 1. The number of carbonyl (C=O) groups is 1. The first kappa shape index (κ1) is 25.5. The zero-order valence-corrected chi connectivity index (χ0v) is 22.7. The Kier molecular flexibility index (Phi) is 6.45. The average molecular weight is 540 g/mol. The van der Waals surface area contributed by atoms with Crippen molar-refractivity contribution in [3.63, 3.8) is 0 Å². The summed E-state index contributed by atoms with van der Waals surface area (Å²) < 4.78 is 18.5. The Morgan fingerprint density at radius 2 is 1.90 bits per heavy atom. The molecule has 6 rings (SSSR count). The third-order valence-electron chi connectivity index (χ3n) is 7.12. The molecule has 3 heterocycles. The van der Waals surface area contributed by atoms with Crippen molar-refractivity contribution in [2.75, 3.05) is 14.2 Å². The molecule has 1 atom stereocenters. The van der Waals surface area contributed by atoms with Gasteiger partial charge in [0.15, 0.2) is 35.4 Å². The van der Waals surface area contributed by atoms with E-state index in [9.17, 15) is 4.79 Å². The zero-order valence-electron chi connectivity index (χ0n) is 22.7. The van der Waals surface area contributed by atoms with Crippen LogP contribution in [0.1, 0.15) is 55.1 Å². The van der Waals surface area contributed by atoms with Gasteiger partial charge in [0, 0.05) is 29.9 Å². The van der Waals surface area contributed by atoms with Gasteiger partial charge in [0.1, 0.15) is 12.1 Å². The van der Waals surface area contributed by atoms with Crippen LogP contribution >= 0.6 is 0 Å². The molecule has 10 nitrogen and oxygen atoms in total. The fraction of sp³-hybridized carbons (Fsp3) is 0.300. The van der Waals surface area contributed by atoms with Gasteiger partial charge in [-0.15, -0.1) is 5.10 Å². The van der Waals surface area contributed by atoms with Crippen LogP contribution < -0.4 is 14.2 Å². The van der Waals surface area contributed by atoms with E-state index in [2.05, 4.69) is 29.1 Å². The van der Waals surface area contributed by atoms with Crippen molar-refractivity contribution in [2.24, 2.45) is 10.6 Å². The highest BCUT2D eigenvalue weighted by atomic mass is 16.6. The Labute approximate surface area is 231 Å². The Morgan fingerprint density at radius 1 is 1.10 bits per heavy atom. The number of allylic oxidation sites excluding steroid dienone is 2. The summed E-state index contributed by atoms with van der Waals surface area (Å²) in [5.74, 6) is 2.50. The van der Waals surface area contributed by atoms with Crippen molar-refractivity contribution in [1.29, 1.82) is 0 Å². The third kappa shape index (κ3) is 4.66. The maximum Gasteiger partial charge on any atom is 0.228 e. The van der Waals surface area contributed by atoms with Crippen LogP contribution in [0.2, 0.25) is 0 Å². The molecule has 1 aliphatic carbocycles. The average Bonchev–Trinajstić information content (AvgIpc) is 3.37. The van der Waals surface area contributed by atoms with Crippen molar-refractivity contribution in [3.05, 3.63) is 88.7 Å². The minimum atomic E-state index is -0.360. The SMILES string of the molecule is COc1ccc(C=NOCc2nc3c4c(ncn3n2)OC2=C(C(=O)CC(C)(C)C2)C4c2ccccc2)cc1OC. The molecule has 1 aliphatic heterocycles. The first-order chi connectivity index (χ1) is 19.4. The second-order valence-corrected chi connectivity index (χ2v) is 10.6. The third-order valence-corrected chi connectivity index (χ3v) is 7.12. The molecule has 0 radical (unpaired) electrons. The molecule has 0 N–H and O–H groups in total. The second-order valence-electron chi connectivity index (χ2n) is 10.6. The topological polar surface area (TPSA) is 109 Å². The van der Waals surface area contributed by atoms with Crippen LogP contribution in [0.5, 0.6) is 17.4 Å². The maximum absolute atomic E-state index is 13.5. The zero-order chi connectivity index (χ0) is 27.9. The fourth-order valence-corrected chi connectivity index (χ4v) is 5.36. The van der Waals surface area contributed by atoms with E-state index in [-0.39, 0.29) is 23.7 Å². The van der Waals surface area contributed by atoms with Gasteiger partial charge in [-0.25, -0.2) is 14.5 Å². The van der Waals surface area contributed by atoms with Gasteiger partial charge in [-0.05, 0) is 29.2 Å². The molecule has 2 aromatic carbocycles. The molecule has 204 valence electrons. The molecule has 1 unspecified atom stereocenters. The molecule has 40 heavy (non-hydrogen) atoms. The fourth-order valence-electron chi connectivity index (χ4n) is 5.36. The standard InChI is InChI=1S/C30H29N5O5/c1-30(2)13-20(36)26-23(14-30)40-29-27(25(26)19-8-6-5-7-9-19)28-33-24(34-35(28)17-31-29)16-39-32-15-18-10-11-21(37-3)22(12-18)38-4/h5-12,15,17,25H,13-14,16H2,1-4H3. The molecular formula is C30H29N5O5. The van der Waals surface area contributed by atoms with E-state index in [1.54, 1.807) is 43.4 Å². The summed E-state index contributed by atoms with van der Waals surface area (Å²) in [7, 11) is 3.16. The molecule has 0 bridgehead atoms. The lowest BCUT2D eigenvalue weighted by Crippen LogP contribution is -2.33. The van der Waals surface area contributed by atoms with Crippen LogP contribution in [0.25, 0.3) is 5.65 Å². The number of benzene rings is 2. The van der Waals surface area contributed by atoms with Gasteiger partial charge in [-0.2, -0.15) is 0 Å². The molecule has 0 spiro atoms. The number of fused-ring (bicyclic) bond motifs is 3. The minimum absolute atomic E-state index is 0.0399. The number of ketones is 1. The number of hydrogen-bond acceptors (Lipinski definition) is 9. The summed E-state index contributed by atoms with van der Waals surface area (Å²) in [5.41, 5.74) is 3.52. The monoisotopic (exact) mass is 539 g/mol. The molecule has 0 fully saturated rings. The number of rotatable bonds is 7. The Bertz CT molecular complexity index is 1660. The van der Waals surface area contributed by atoms with Gasteiger partial charge in [-0.3, -0.25) is 4.79 Å². The molecular weight excluding hydrogens is 510 g/mol. The summed E-state index contributed by atoms with van der Waals surface area (Å²) in [6, 6.07) is 15.4. The number of methoxy groups -OCH3 is 2. The first-order valence-corrected chi connectivity index (χ1v) is 13.0. The maximum atomic E-state index is 13.5. The number of oxime groups is 1. The summed E-state index contributed by atoms with van der Waals surface area (Å²) in [6.45, 7) is 4.21. The van der Waals surface area contributed by atoms with E-state index in [1.165, 1.54) is 0 Å². The lowest BCUT2D eigenvalue weighted by atomic mass is 9.70. The minimum Gasteiger partial charge on any atom is -0.493 e. The van der Waals surface area contributed by atoms with E-state index >= 15 is 0 Å². The van der Waals surface area contributed by atoms with Crippen LogP contribution in [0.3, 0.4) is 0 Å². The number of aromatic nitrogens is 4. The predicted molar refractivity (Wildman–Crippen MR) is 147 cm³/mol. The molecule has 10 heteroatoms. The lowest BCUT2D eigenvalue weighted by molar-refractivity contribution is -0.118. The second kappa shape index (κ2) is 10.1. The Balaban J connectivity index is 1.32. The number of hydrogen-bond donors (Lipinski definition) is 0. The molecule has 2 aromatic heterocycles. The summed E-state index contributed by atoms with van der Waals surface area (Å²) in [5, 5.41) is 8.60. The highest BCUT2D eigenvalue weighted by molar-refractivity contribution is 6.00. The molecule has 4 aromatic rings. The number of ether oxygens (including phenoxy) is 3. The van der Waals surface area contributed by atoms with E-state index < -0.39 is 0 Å². The van der Waals surface area contributed by atoms with Gasteiger partial charge in [0.05, 0.1) is 26.0 Å². The van der Waals surface area contributed by atoms with E-state index in [0.717, 1.165) is 11.1 Å². The van der Waals surface area contributed by atoms with Gasteiger partial charge in [-0.1, -0.05) is 49.3 Å². The van der Waals surface area contributed by atoms with Crippen LogP contribution in [-0.2, 0) is 16.2 Å². The molecule has 2 aliphatic rings. The largest absolute Gasteiger partial charge is 0.493 e. The van der Waals surface area contributed by atoms with Crippen molar-refractivity contribution in [3.8, 4) is 17.4 Å². The van der Waals surface area contributed by atoms with Gasteiger partial charge in [0.25, 0.3) is 0 Å². The highest BCUT2D eigenvalue weighted by Crippen LogP contribution is 2.50. The van der Waals surface area contributed by atoms with E-state index in [1.807, 2.05) is 36.4 Å². The van der Waals surface area contributed by atoms with Gasteiger partial charge >= 0.3 is 0 Å². The molecule has 0 amide bonds. The van der Waals surface area contributed by atoms with Crippen LogP contribution in [0.4, 0.5) is 0 Å². The molecule has 0 saturated carbocycles. The van der Waals surface area contributed by atoms with Crippen LogP contribution in [0.15, 0.2) is 71.3 Å². The summed E-state index contributed by atoms with van der Waals surface area (Å²) in [4.78, 5) is 28.3. The van der Waals surface area contributed by atoms with Crippen molar-refractivity contribution >= 4 is 17.6 Å². The smallest absolute Gasteiger partial charge is 0.228 e. The van der Waals surface area contributed by atoms with Crippen molar-refractivity contribution < 1.29 is 23.8 Å². The van der Waals surface area contributed by atoms with Crippen molar-refractivity contribution in [1.82, 2.24) is 19.6 Å². The Morgan fingerprint density at radius 3 is 2.67 bits per heavy atom. The van der Waals surface area contributed by atoms with Crippen molar-refractivity contribution in [2.45, 2.75) is 39.2 Å². The van der Waals surface area contributed by atoms with Crippen LogP contribution in [-0.4, -0.2) is 45.8 Å².